The third-order valence-corrected chi connectivity index (χ3v) is 4.64. The Labute approximate surface area is 140 Å². The number of thioether (sulfide) groups is 1. The van der Waals surface area contributed by atoms with Crippen molar-refractivity contribution in [2.75, 3.05) is 11.6 Å². The number of benzene rings is 2. The average Bonchev–Trinajstić information content (AvgIpc) is 2.99. The molecule has 0 spiro atoms. The lowest BCUT2D eigenvalue weighted by atomic mass is 10.1. The molecule has 0 atom stereocenters. The van der Waals surface area contributed by atoms with Crippen molar-refractivity contribution in [3.63, 3.8) is 0 Å². The van der Waals surface area contributed by atoms with Gasteiger partial charge in [-0.05, 0) is 55.0 Å². The van der Waals surface area contributed by atoms with Gasteiger partial charge in [0.1, 0.15) is 0 Å². The summed E-state index contributed by atoms with van der Waals surface area (Å²) >= 11 is 1.69. The second kappa shape index (κ2) is 7.38. The van der Waals surface area contributed by atoms with E-state index < -0.39 is 0 Å². The van der Waals surface area contributed by atoms with Crippen LogP contribution in [0.3, 0.4) is 0 Å². The van der Waals surface area contributed by atoms with Crippen molar-refractivity contribution >= 4 is 34.3 Å². The molecular formula is C19H20N2OS. The van der Waals surface area contributed by atoms with Crippen LogP contribution in [-0.2, 0) is 11.2 Å². The molecule has 118 valence electrons. The first-order chi connectivity index (χ1) is 11.3. The van der Waals surface area contributed by atoms with E-state index in [1.807, 2.05) is 48.9 Å². The van der Waals surface area contributed by atoms with Crippen molar-refractivity contribution in [2.24, 2.45) is 0 Å². The van der Waals surface area contributed by atoms with Crippen molar-refractivity contribution in [1.82, 2.24) is 4.98 Å². The topological polar surface area (TPSA) is 44.9 Å². The number of fused-ring (bicyclic) bond motifs is 1. The maximum atomic E-state index is 12.0. The number of carbonyl (C=O) groups is 1. The number of aromatic amines is 1. The molecule has 0 aliphatic carbocycles. The Bertz CT molecular complexity index is 792. The Morgan fingerprint density at radius 3 is 2.70 bits per heavy atom. The minimum absolute atomic E-state index is 0.0711. The number of hydrogen-bond donors (Lipinski definition) is 2. The van der Waals surface area contributed by atoms with Crippen LogP contribution in [0, 0.1) is 0 Å². The number of H-pyrrole nitrogens is 1. The van der Waals surface area contributed by atoms with Crippen LogP contribution in [0.25, 0.3) is 10.9 Å². The van der Waals surface area contributed by atoms with Gasteiger partial charge in [0, 0.05) is 34.1 Å². The number of nitrogens with one attached hydrogen (secondary N) is 2. The molecule has 3 aromatic rings. The van der Waals surface area contributed by atoms with E-state index >= 15 is 0 Å². The lowest BCUT2D eigenvalue weighted by Crippen LogP contribution is -2.11. The van der Waals surface area contributed by atoms with Gasteiger partial charge in [-0.15, -0.1) is 11.8 Å². The summed E-state index contributed by atoms with van der Waals surface area (Å²) < 4.78 is 0. The number of amides is 1. The smallest absolute Gasteiger partial charge is 0.224 e. The zero-order chi connectivity index (χ0) is 16.1. The summed E-state index contributed by atoms with van der Waals surface area (Å²) in [4.78, 5) is 16.5. The number of para-hydroxylation sites is 1. The largest absolute Gasteiger partial charge is 0.361 e. The number of carbonyl (C=O) groups excluding carboxylic acids is 1. The van der Waals surface area contributed by atoms with E-state index in [2.05, 4.69) is 22.4 Å². The molecule has 0 saturated carbocycles. The van der Waals surface area contributed by atoms with Gasteiger partial charge in [-0.3, -0.25) is 4.79 Å². The van der Waals surface area contributed by atoms with Crippen molar-refractivity contribution in [3.05, 3.63) is 60.3 Å². The van der Waals surface area contributed by atoms with Gasteiger partial charge in [0.25, 0.3) is 0 Å². The second-order valence-corrected chi connectivity index (χ2v) is 6.37. The predicted octanol–water partition coefficient (Wildman–Crippen LogP) is 4.85. The van der Waals surface area contributed by atoms with Crippen molar-refractivity contribution in [2.45, 2.75) is 24.2 Å². The SMILES string of the molecule is CSc1ccc(NC(=O)CCCc2c[nH]c3ccccc23)cc1. The summed E-state index contributed by atoms with van der Waals surface area (Å²) in [6.45, 7) is 0. The van der Waals surface area contributed by atoms with E-state index in [1.165, 1.54) is 15.8 Å². The number of hydrogen-bond acceptors (Lipinski definition) is 2. The fourth-order valence-corrected chi connectivity index (χ4v) is 3.08. The Balaban J connectivity index is 1.51. The van der Waals surface area contributed by atoms with Crippen LogP contribution in [-0.4, -0.2) is 17.1 Å². The first-order valence-corrected chi connectivity index (χ1v) is 8.97. The van der Waals surface area contributed by atoms with Crippen LogP contribution < -0.4 is 5.32 Å². The third kappa shape index (κ3) is 3.96. The Morgan fingerprint density at radius 1 is 1.13 bits per heavy atom. The highest BCUT2D eigenvalue weighted by atomic mass is 32.2. The summed E-state index contributed by atoms with van der Waals surface area (Å²) in [7, 11) is 0. The Kier molecular flexibility index (Phi) is 5.03. The molecule has 0 fully saturated rings. The number of aryl methyl sites for hydroxylation is 1. The molecule has 1 amide bonds. The van der Waals surface area contributed by atoms with Crippen LogP contribution >= 0.6 is 11.8 Å². The molecule has 2 N–H and O–H groups in total. The van der Waals surface area contributed by atoms with Gasteiger partial charge in [-0.1, -0.05) is 18.2 Å². The predicted molar refractivity (Wildman–Crippen MR) is 98.1 cm³/mol. The standard InChI is InChI=1S/C19H20N2OS/c1-23-16-11-9-15(10-12-16)21-19(22)8-4-5-14-13-20-18-7-3-2-6-17(14)18/h2-3,6-7,9-13,20H,4-5,8H2,1H3,(H,21,22). The molecular weight excluding hydrogens is 304 g/mol. The minimum Gasteiger partial charge on any atom is -0.361 e. The zero-order valence-corrected chi connectivity index (χ0v) is 14.0. The maximum absolute atomic E-state index is 12.0. The van der Waals surface area contributed by atoms with Crippen LogP contribution in [0.2, 0.25) is 0 Å². The molecule has 0 aliphatic heterocycles. The highest BCUT2D eigenvalue weighted by Crippen LogP contribution is 2.20. The van der Waals surface area contributed by atoms with Gasteiger partial charge in [0.05, 0.1) is 0 Å². The molecule has 3 nitrogen and oxygen atoms in total. The molecule has 3 rings (SSSR count). The van der Waals surface area contributed by atoms with E-state index in [9.17, 15) is 4.79 Å². The molecule has 0 bridgehead atoms. The molecule has 1 aromatic heterocycles. The third-order valence-electron chi connectivity index (χ3n) is 3.90. The summed E-state index contributed by atoms with van der Waals surface area (Å²) in [5.41, 5.74) is 3.29. The molecule has 2 aromatic carbocycles. The number of anilines is 1. The van der Waals surface area contributed by atoms with E-state index in [1.54, 1.807) is 11.8 Å². The van der Waals surface area contributed by atoms with Crippen molar-refractivity contribution in [1.29, 1.82) is 0 Å². The van der Waals surface area contributed by atoms with Gasteiger partial charge < -0.3 is 10.3 Å². The lowest BCUT2D eigenvalue weighted by Gasteiger charge is -2.06. The summed E-state index contributed by atoms with van der Waals surface area (Å²) in [5, 5.41) is 4.21. The monoisotopic (exact) mass is 324 g/mol. The van der Waals surface area contributed by atoms with Crippen LogP contribution in [0.15, 0.2) is 59.6 Å². The first kappa shape index (κ1) is 15.7. The van der Waals surface area contributed by atoms with Crippen LogP contribution in [0.4, 0.5) is 5.69 Å². The summed E-state index contributed by atoms with van der Waals surface area (Å²) in [5.74, 6) is 0.0711. The normalized spacial score (nSPS) is 10.8. The van der Waals surface area contributed by atoms with E-state index in [-0.39, 0.29) is 5.91 Å². The highest BCUT2D eigenvalue weighted by molar-refractivity contribution is 7.98. The molecule has 0 saturated heterocycles. The quantitative estimate of drug-likeness (QED) is 0.637. The Morgan fingerprint density at radius 2 is 1.91 bits per heavy atom. The molecule has 1 heterocycles. The van der Waals surface area contributed by atoms with Gasteiger partial charge in [0.2, 0.25) is 5.91 Å². The van der Waals surface area contributed by atoms with Gasteiger partial charge in [-0.2, -0.15) is 0 Å². The fraction of sp³-hybridized carbons (Fsp3) is 0.211. The number of rotatable bonds is 6. The van der Waals surface area contributed by atoms with E-state index in [0.29, 0.717) is 6.42 Å². The molecule has 0 radical (unpaired) electrons. The van der Waals surface area contributed by atoms with E-state index in [0.717, 1.165) is 24.0 Å². The van der Waals surface area contributed by atoms with Crippen LogP contribution in [0.1, 0.15) is 18.4 Å². The fourth-order valence-electron chi connectivity index (χ4n) is 2.68. The minimum atomic E-state index is 0.0711. The second-order valence-electron chi connectivity index (χ2n) is 5.49. The molecule has 0 unspecified atom stereocenters. The van der Waals surface area contributed by atoms with Crippen molar-refractivity contribution in [3.8, 4) is 0 Å². The van der Waals surface area contributed by atoms with Gasteiger partial charge in [-0.25, -0.2) is 0 Å². The van der Waals surface area contributed by atoms with Gasteiger partial charge in [0.15, 0.2) is 0 Å². The first-order valence-electron chi connectivity index (χ1n) is 7.75. The highest BCUT2D eigenvalue weighted by Gasteiger charge is 2.06. The Hall–Kier alpha value is -2.20. The van der Waals surface area contributed by atoms with Crippen molar-refractivity contribution < 1.29 is 4.79 Å². The summed E-state index contributed by atoms with van der Waals surface area (Å²) in [6.07, 6.45) is 6.37. The molecule has 23 heavy (non-hydrogen) atoms. The van der Waals surface area contributed by atoms with Gasteiger partial charge >= 0.3 is 0 Å². The maximum Gasteiger partial charge on any atom is 0.224 e. The van der Waals surface area contributed by atoms with E-state index in [4.69, 9.17) is 0 Å². The number of aromatic nitrogens is 1. The average molecular weight is 324 g/mol. The molecule has 4 heteroatoms. The lowest BCUT2D eigenvalue weighted by molar-refractivity contribution is -0.116. The molecule has 0 aliphatic rings. The van der Waals surface area contributed by atoms with Crippen LogP contribution in [0.5, 0.6) is 0 Å². The zero-order valence-electron chi connectivity index (χ0n) is 13.1. The summed E-state index contributed by atoms with van der Waals surface area (Å²) in [6, 6.07) is 16.2.